The molecule has 1 aliphatic rings. The van der Waals surface area contributed by atoms with Gasteiger partial charge in [-0.05, 0) is 66.8 Å². The second-order valence-electron chi connectivity index (χ2n) is 6.23. The van der Waals surface area contributed by atoms with Crippen molar-refractivity contribution in [2.24, 2.45) is 11.5 Å². The number of hydrogen-bond acceptors (Lipinski definition) is 4. The van der Waals surface area contributed by atoms with Crippen LogP contribution in [0.5, 0.6) is 0 Å². The molecule has 4 N–H and O–H groups in total. The van der Waals surface area contributed by atoms with E-state index in [2.05, 4.69) is 30.1 Å². The molecule has 132 valence electrons. The molecular weight excluding hydrogens is 320 g/mol. The van der Waals surface area contributed by atoms with Crippen LogP contribution < -0.4 is 11.5 Å². The fourth-order valence-corrected chi connectivity index (χ4v) is 2.80. The van der Waals surface area contributed by atoms with Gasteiger partial charge in [-0.1, -0.05) is 31.2 Å². The first-order valence-electron chi connectivity index (χ1n) is 8.89. The third-order valence-electron chi connectivity index (χ3n) is 4.25. The summed E-state index contributed by atoms with van der Waals surface area (Å²) in [5, 5.41) is 0. The van der Waals surface area contributed by atoms with Crippen molar-refractivity contribution < 1.29 is 0 Å². The van der Waals surface area contributed by atoms with Crippen molar-refractivity contribution in [2.45, 2.75) is 26.2 Å². The minimum Gasteiger partial charge on any atom is -0.402 e. The zero-order chi connectivity index (χ0) is 18.4. The first-order chi connectivity index (χ1) is 12.7. The SMILES string of the molecule is CC/C=C\C=C(/N)c1cc(C2=CC=C(N)CC2)cc(-c2ccccn2)n1. The van der Waals surface area contributed by atoms with Gasteiger partial charge in [0.15, 0.2) is 0 Å². The number of hydrogen-bond donors (Lipinski definition) is 2. The Morgan fingerprint density at radius 3 is 2.73 bits per heavy atom. The zero-order valence-electron chi connectivity index (χ0n) is 15.0. The van der Waals surface area contributed by atoms with E-state index in [1.807, 2.05) is 42.5 Å². The highest BCUT2D eigenvalue weighted by molar-refractivity contribution is 5.75. The molecule has 0 unspecified atom stereocenters. The van der Waals surface area contributed by atoms with Gasteiger partial charge in [0, 0.05) is 11.9 Å². The van der Waals surface area contributed by atoms with Gasteiger partial charge in [-0.2, -0.15) is 0 Å². The molecule has 3 rings (SSSR count). The van der Waals surface area contributed by atoms with Gasteiger partial charge in [-0.25, -0.2) is 4.98 Å². The maximum absolute atomic E-state index is 6.28. The van der Waals surface area contributed by atoms with Crippen LogP contribution in [0, 0.1) is 0 Å². The van der Waals surface area contributed by atoms with Crippen LogP contribution in [-0.2, 0) is 0 Å². The van der Waals surface area contributed by atoms with Gasteiger partial charge in [0.1, 0.15) is 0 Å². The molecule has 4 nitrogen and oxygen atoms in total. The summed E-state index contributed by atoms with van der Waals surface area (Å²) in [6.07, 6.45) is 14.5. The largest absolute Gasteiger partial charge is 0.402 e. The van der Waals surface area contributed by atoms with Crippen LogP contribution in [0.1, 0.15) is 37.4 Å². The summed E-state index contributed by atoms with van der Waals surface area (Å²) in [5.74, 6) is 0. The van der Waals surface area contributed by atoms with Gasteiger partial charge >= 0.3 is 0 Å². The van der Waals surface area contributed by atoms with E-state index in [1.165, 1.54) is 5.57 Å². The summed E-state index contributed by atoms with van der Waals surface area (Å²) in [7, 11) is 0. The Hall–Kier alpha value is -3.14. The molecule has 0 aliphatic heterocycles. The highest BCUT2D eigenvalue weighted by atomic mass is 14.8. The topological polar surface area (TPSA) is 77.8 Å². The van der Waals surface area contributed by atoms with Crippen LogP contribution in [0.3, 0.4) is 0 Å². The minimum atomic E-state index is 0.639. The Kier molecular flexibility index (Phi) is 5.64. The van der Waals surface area contributed by atoms with E-state index < -0.39 is 0 Å². The first-order valence-corrected chi connectivity index (χ1v) is 8.89. The number of rotatable bonds is 5. The molecule has 0 aromatic carbocycles. The third-order valence-corrected chi connectivity index (χ3v) is 4.25. The lowest BCUT2D eigenvalue weighted by Crippen LogP contribution is -2.04. The second kappa shape index (κ2) is 8.30. The van der Waals surface area contributed by atoms with E-state index in [9.17, 15) is 0 Å². The van der Waals surface area contributed by atoms with Crippen LogP contribution in [0.25, 0.3) is 22.7 Å². The number of aromatic nitrogens is 2. The summed E-state index contributed by atoms with van der Waals surface area (Å²) in [6, 6.07) is 9.93. The zero-order valence-corrected chi connectivity index (χ0v) is 15.0. The fraction of sp³-hybridized carbons (Fsp3) is 0.182. The van der Waals surface area contributed by atoms with Crippen LogP contribution in [0.15, 0.2) is 72.6 Å². The van der Waals surface area contributed by atoms with E-state index in [1.54, 1.807) is 6.20 Å². The molecule has 0 fully saturated rings. The van der Waals surface area contributed by atoms with Crippen LogP contribution >= 0.6 is 0 Å². The molecule has 2 aromatic heterocycles. The van der Waals surface area contributed by atoms with Gasteiger partial charge in [-0.3, -0.25) is 4.98 Å². The lowest BCUT2D eigenvalue weighted by molar-refractivity contribution is 0.957. The Bertz CT molecular complexity index is 890. The Labute approximate surface area is 154 Å². The van der Waals surface area contributed by atoms with E-state index in [0.29, 0.717) is 5.70 Å². The molecule has 26 heavy (non-hydrogen) atoms. The predicted octanol–water partition coefficient (Wildman–Crippen LogP) is 4.43. The summed E-state index contributed by atoms with van der Waals surface area (Å²) in [6.45, 7) is 2.09. The van der Waals surface area contributed by atoms with E-state index in [0.717, 1.165) is 47.6 Å². The molecule has 2 heterocycles. The van der Waals surface area contributed by atoms with Gasteiger partial charge in [0.25, 0.3) is 0 Å². The van der Waals surface area contributed by atoms with Crippen molar-refractivity contribution in [2.75, 3.05) is 0 Å². The van der Waals surface area contributed by atoms with Crippen LogP contribution in [-0.4, -0.2) is 9.97 Å². The average molecular weight is 344 g/mol. The van der Waals surface area contributed by atoms with Crippen LogP contribution in [0.4, 0.5) is 0 Å². The van der Waals surface area contributed by atoms with Gasteiger partial charge in [0.05, 0.1) is 22.8 Å². The number of nitrogens with zero attached hydrogens (tertiary/aromatic N) is 2. The average Bonchev–Trinajstić information content (AvgIpc) is 2.69. The van der Waals surface area contributed by atoms with Crippen molar-refractivity contribution in [1.29, 1.82) is 0 Å². The molecular formula is C22H24N4. The molecule has 2 aromatic rings. The van der Waals surface area contributed by atoms with Crippen molar-refractivity contribution in [1.82, 2.24) is 9.97 Å². The van der Waals surface area contributed by atoms with Gasteiger partial charge in [-0.15, -0.1) is 0 Å². The maximum Gasteiger partial charge on any atom is 0.0900 e. The minimum absolute atomic E-state index is 0.639. The highest BCUT2D eigenvalue weighted by Crippen LogP contribution is 2.29. The van der Waals surface area contributed by atoms with E-state index >= 15 is 0 Å². The van der Waals surface area contributed by atoms with Crippen molar-refractivity contribution >= 4 is 11.3 Å². The van der Waals surface area contributed by atoms with E-state index in [-0.39, 0.29) is 0 Å². The number of nitrogens with two attached hydrogens (primary N) is 2. The monoisotopic (exact) mass is 344 g/mol. The Morgan fingerprint density at radius 1 is 1.15 bits per heavy atom. The van der Waals surface area contributed by atoms with Gasteiger partial charge < -0.3 is 11.5 Å². The summed E-state index contributed by atoms with van der Waals surface area (Å²) < 4.78 is 0. The molecule has 0 spiro atoms. The summed E-state index contributed by atoms with van der Waals surface area (Å²) in [5.41, 5.74) is 18.5. The number of allylic oxidation sites excluding steroid dienone is 7. The predicted molar refractivity (Wildman–Crippen MR) is 109 cm³/mol. The molecule has 0 bridgehead atoms. The highest BCUT2D eigenvalue weighted by Gasteiger charge is 2.12. The van der Waals surface area contributed by atoms with Gasteiger partial charge in [0.2, 0.25) is 0 Å². The fourth-order valence-electron chi connectivity index (χ4n) is 2.80. The lowest BCUT2D eigenvalue weighted by atomic mass is 9.95. The molecule has 0 radical (unpaired) electrons. The second-order valence-corrected chi connectivity index (χ2v) is 6.23. The Morgan fingerprint density at radius 2 is 2.04 bits per heavy atom. The molecule has 4 heteroatoms. The smallest absolute Gasteiger partial charge is 0.0900 e. The van der Waals surface area contributed by atoms with Crippen molar-refractivity contribution in [3.8, 4) is 11.4 Å². The number of pyridine rings is 2. The van der Waals surface area contributed by atoms with Crippen molar-refractivity contribution in [3.05, 3.63) is 83.9 Å². The normalized spacial score (nSPS) is 15.0. The van der Waals surface area contributed by atoms with E-state index in [4.69, 9.17) is 16.5 Å². The Balaban J connectivity index is 2.08. The summed E-state index contributed by atoms with van der Waals surface area (Å²) in [4.78, 5) is 9.17. The maximum atomic E-state index is 6.28. The molecule has 0 saturated carbocycles. The standard InChI is InChI=1S/C22H24N4/c1-2-3-4-7-19(24)21-14-17(16-9-11-18(23)12-10-16)15-22(26-21)20-8-5-6-13-25-20/h3-9,11,13-15H,2,10,12,23-24H2,1H3/b4-3-,19-7-. The summed E-state index contributed by atoms with van der Waals surface area (Å²) >= 11 is 0. The molecule has 1 aliphatic carbocycles. The molecule has 0 atom stereocenters. The molecule has 0 amide bonds. The van der Waals surface area contributed by atoms with Crippen LogP contribution in [0.2, 0.25) is 0 Å². The first kappa shape index (κ1) is 17.7. The van der Waals surface area contributed by atoms with Crippen molar-refractivity contribution in [3.63, 3.8) is 0 Å². The quantitative estimate of drug-likeness (QED) is 0.787. The lowest BCUT2D eigenvalue weighted by Gasteiger charge is -2.15. The molecule has 0 saturated heterocycles. The third kappa shape index (κ3) is 4.28.